The second kappa shape index (κ2) is 9.48. The highest BCUT2D eigenvalue weighted by molar-refractivity contribution is 5.36. The summed E-state index contributed by atoms with van der Waals surface area (Å²) < 4.78 is 0. The molecule has 0 heterocycles. The number of nitrogens with zero attached hydrogens (tertiary/aromatic N) is 2. The zero-order valence-corrected chi connectivity index (χ0v) is 11.0. The van der Waals surface area contributed by atoms with Gasteiger partial charge in [0.15, 0.2) is 0 Å². The molecule has 17 heavy (non-hydrogen) atoms. The minimum atomic E-state index is 0.367. The molecule has 0 aromatic heterocycles. The fourth-order valence-electron chi connectivity index (χ4n) is 1.32. The van der Waals surface area contributed by atoms with E-state index in [1.165, 1.54) is 0 Å². The molecule has 0 saturated carbocycles. The van der Waals surface area contributed by atoms with Gasteiger partial charge in [0, 0.05) is 5.70 Å². The maximum absolute atomic E-state index is 8.98. The fourth-order valence-corrected chi connectivity index (χ4v) is 1.32. The molecule has 0 aliphatic rings. The molecule has 0 aliphatic carbocycles. The smallest absolute Gasteiger partial charge is 0.131 e. The van der Waals surface area contributed by atoms with Crippen molar-refractivity contribution < 1.29 is 0 Å². The Bertz CT molecular complexity index is 364. The van der Waals surface area contributed by atoms with Crippen LogP contribution in [0.5, 0.6) is 0 Å². The molecule has 0 aromatic rings. The molecule has 3 nitrogen and oxygen atoms in total. The van der Waals surface area contributed by atoms with Crippen LogP contribution in [0.4, 0.5) is 0 Å². The average Bonchev–Trinajstić information content (AvgIpc) is 2.37. The van der Waals surface area contributed by atoms with Crippen LogP contribution in [0.15, 0.2) is 23.0 Å². The Morgan fingerprint density at radius 3 is 2.35 bits per heavy atom. The van der Waals surface area contributed by atoms with Gasteiger partial charge in [0.05, 0.1) is 11.6 Å². The first-order valence-corrected chi connectivity index (χ1v) is 6.16. The molecule has 0 saturated heterocycles. The van der Waals surface area contributed by atoms with Crippen molar-refractivity contribution in [2.75, 3.05) is 0 Å². The van der Waals surface area contributed by atoms with Crippen molar-refractivity contribution in [3.63, 3.8) is 0 Å². The lowest BCUT2D eigenvalue weighted by Gasteiger charge is -2.10. The molecular formula is C14H21N3. The summed E-state index contributed by atoms with van der Waals surface area (Å²) in [5, 5.41) is 20.8. The summed E-state index contributed by atoms with van der Waals surface area (Å²) in [7, 11) is 0. The van der Waals surface area contributed by atoms with Gasteiger partial charge >= 0.3 is 0 Å². The van der Waals surface area contributed by atoms with E-state index in [0.717, 1.165) is 37.8 Å². The van der Waals surface area contributed by atoms with Gasteiger partial charge in [-0.2, -0.15) is 10.5 Å². The highest BCUT2D eigenvalue weighted by atomic mass is 14.9. The molecule has 1 N–H and O–H groups in total. The molecule has 92 valence electrons. The third kappa shape index (κ3) is 6.43. The largest absolute Gasteiger partial charge is 0.350 e. The maximum atomic E-state index is 8.98. The molecular weight excluding hydrogens is 210 g/mol. The lowest BCUT2D eigenvalue weighted by molar-refractivity contribution is 0.739. The van der Waals surface area contributed by atoms with Crippen LogP contribution in [0.1, 0.15) is 52.9 Å². The van der Waals surface area contributed by atoms with Gasteiger partial charge in [-0.25, -0.2) is 0 Å². The summed E-state index contributed by atoms with van der Waals surface area (Å²) in [4.78, 5) is 0. The Hall–Kier alpha value is -1.74. The Morgan fingerprint density at radius 2 is 1.88 bits per heavy atom. The van der Waals surface area contributed by atoms with Crippen molar-refractivity contribution in [3.8, 4) is 12.1 Å². The summed E-state index contributed by atoms with van der Waals surface area (Å²) in [6.45, 7) is 5.91. The van der Waals surface area contributed by atoms with Crippen LogP contribution in [0, 0.1) is 22.7 Å². The molecule has 0 aliphatic heterocycles. The van der Waals surface area contributed by atoms with Gasteiger partial charge in [0.25, 0.3) is 0 Å². The molecule has 3 heteroatoms. The van der Waals surface area contributed by atoms with Gasteiger partial charge in [0.1, 0.15) is 11.8 Å². The van der Waals surface area contributed by atoms with Crippen molar-refractivity contribution in [3.05, 3.63) is 23.0 Å². The van der Waals surface area contributed by atoms with E-state index in [1.54, 1.807) is 6.92 Å². The van der Waals surface area contributed by atoms with Gasteiger partial charge < -0.3 is 5.32 Å². The first-order valence-electron chi connectivity index (χ1n) is 6.16. The van der Waals surface area contributed by atoms with Gasteiger partial charge in [-0.05, 0) is 26.2 Å². The minimum Gasteiger partial charge on any atom is -0.350 e. The van der Waals surface area contributed by atoms with E-state index in [0.29, 0.717) is 11.3 Å². The highest BCUT2D eigenvalue weighted by Gasteiger charge is 2.04. The van der Waals surface area contributed by atoms with E-state index in [1.807, 2.05) is 12.1 Å². The van der Waals surface area contributed by atoms with Crippen LogP contribution < -0.4 is 5.32 Å². The average molecular weight is 231 g/mol. The number of nitriles is 2. The quantitative estimate of drug-likeness (QED) is 0.678. The van der Waals surface area contributed by atoms with E-state index in [-0.39, 0.29) is 0 Å². The summed E-state index contributed by atoms with van der Waals surface area (Å²) in [5.41, 5.74) is 1.86. The number of unbranched alkanes of at least 4 members (excludes halogenated alkanes) is 2. The molecule has 0 aromatic carbocycles. The van der Waals surface area contributed by atoms with Crippen LogP contribution >= 0.6 is 0 Å². The van der Waals surface area contributed by atoms with E-state index in [9.17, 15) is 0 Å². The lowest BCUT2D eigenvalue weighted by Crippen LogP contribution is -2.13. The van der Waals surface area contributed by atoms with Gasteiger partial charge in [0.2, 0.25) is 0 Å². The first kappa shape index (κ1) is 15.3. The zero-order chi connectivity index (χ0) is 13.1. The van der Waals surface area contributed by atoms with Crippen molar-refractivity contribution in [2.24, 2.45) is 0 Å². The molecule has 0 fully saturated rings. The monoisotopic (exact) mass is 231 g/mol. The Morgan fingerprint density at radius 1 is 1.18 bits per heavy atom. The predicted molar refractivity (Wildman–Crippen MR) is 69.6 cm³/mol. The van der Waals surface area contributed by atoms with Crippen molar-refractivity contribution in [2.45, 2.75) is 52.9 Å². The summed E-state index contributed by atoms with van der Waals surface area (Å²) >= 11 is 0. The van der Waals surface area contributed by atoms with E-state index >= 15 is 0 Å². The topological polar surface area (TPSA) is 59.6 Å². The summed E-state index contributed by atoms with van der Waals surface area (Å²) in [5.74, 6) is 0. The number of hydrogen-bond donors (Lipinski definition) is 1. The molecule has 0 radical (unpaired) electrons. The van der Waals surface area contributed by atoms with Gasteiger partial charge in [-0.3, -0.25) is 0 Å². The number of rotatable bonds is 7. The van der Waals surface area contributed by atoms with Crippen LogP contribution in [-0.4, -0.2) is 0 Å². The van der Waals surface area contributed by atoms with E-state index < -0.39 is 0 Å². The third-order valence-electron chi connectivity index (χ3n) is 2.42. The molecule has 0 atom stereocenters. The Kier molecular flexibility index (Phi) is 8.51. The molecule has 0 unspecified atom stereocenters. The van der Waals surface area contributed by atoms with Gasteiger partial charge in [-0.15, -0.1) is 0 Å². The summed E-state index contributed by atoms with van der Waals surface area (Å²) in [6.07, 6.45) is 7.34. The first-order chi connectivity index (χ1) is 8.19. The van der Waals surface area contributed by atoms with E-state index in [4.69, 9.17) is 10.5 Å². The molecule has 0 bridgehead atoms. The molecule has 0 amide bonds. The fraction of sp³-hybridized carbons (Fsp3) is 0.571. The van der Waals surface area contributed by atoms with Gasteiger partial charge in [-0.1, -0.05) is 32.8 Å². The third-order valence-corrected chi connectivity index (χ3v) is 2.42. The Labute approximate surface area is 104 Å². The number of nitrogens with one attached hydrogen (secondary N) is 1. The predicted octanol–water partition coefficient (Wildman–Crippen LogP) is 3.77. The standard InChI is InChI=1S/C14H21N3/c1-4-6-8-13(9-7-5-2)17-14(11-16)12(3)10-15/h8,17H,4-7,9H2,1-3H3/b13-8+,14-12+. The van der Waals surface area contributed by atoms with Crippen LogP contribution in [0.2, 0.25) is 0 Å². The van der Waals surface area contributed by atoms with Crippen LogP contribution in [0.3, 0.4) is 0 Å². The van der Waals surface area contributed by atoms with Crippen molar-refractivity contribution in [1.82, 2.24) is 5.32 Å². The second-order valence-corrected chi connectivity index (χ2v) is 3.97. The number of hydrogen-bond acceptors (Lipinski definition) is 3. The molecule has 0 rings (SSSR count). The Balaban J connectivity index is 4.75. The SMILES string of the molecule is CCC/C=C(\CCCC)N/C(C#N)=C(\C)C#N. The second-order valence-electron chi connectivity index (χ2n) is 3.97. The van der Waals surface area contributed by atoms with Crippen LogP contribution in [0.25, 0.3) is 0 Å². The van der Waals surface area contributed by atoms with Crippen molar-refractivity contribution >= 4 is 0 Å². The normalized spacial score (nSPS) is 12.4. The summed E-state index contributed by atoms with van der Waals surface area (Å²) in [6, 6.07) is 4.04. The molecule has 0 spiro atoms. The van der Waals surface area contributed by atoms with Crippen LogP contribution in [-0.2, 0) is 0 Å². The zero-order valence-electron chi connectivity index (χ0n) is 11.0. The van der Waals surface area contributed by atoms with E-state index in [2.05, 4.69) is 25.2 Å². The highest BCUT2D eigenvalue weighted by Crippen LogP contribution is 2.10. The number of allylic oxidation sites excluding steroid dienone is 4. The lowest BCUT2D eigenvalue weighted by atomic mass is 10.1. The van der Waals surface area contributed by atoms with Crippen molar-refractivity contribution in [1.29, 1.82) is 10.5 Å². The minimum absolute atomic E-state index is 0.367. The maximum Gasteiger partial charge on any atom is 0.131 e.